The van der Waals surface area contributed by atoms with Crippen molar-refractivity contribution in [1.82, 2.24) is 5.43 Å². The number of terminal acetylenes is 1. The maximum atomic E-state index is 11.9. The average molecular weight is 505 g/mol. The second kappa shape index (κ2) is 11.7. The number of hydrogen-bond donors (Lipinski definition) is 2. The topological polar surface area (TPSA) is 89.0 Å². The minimum Gasteiger partial charge on any atom is -0.493 e. The van der Waals surface area contributed by atoms with Crippen LogP contribution in [0, 0.1) is 15.9 Å². The number of para-hydroxylation sites is 1. The Morgan fingerprint density at radius 2 is 1.93 bits per heavy atom. The number of amides is 2. The molecule has 0 saturated carbocycles. The Morgan fingerprint density at radius 1 is 1.21 bits per heavy atom. The third kappa shape index (κ3) is 7.46. The lowest BCUT2D eigenvalue weighted by atomic mass is 10.2. The summed E-state index contributed by atoms with van der Waals surface area (Å²) in [5.74, 6) is 2.87. The predicted molar refractivity (Wildman–Crippen MR) is 120 cm³/mol. The molecule has 0 radical (unpaired) electrons. The Balaban J connectivity index is 1.85. The molecule has 7 nitrogen and oxygen atoms in total. The van der Waals surface area contributed by atoms with Crippen LogP contribution in [0.15, 0.2) is 47.6 Å². The zero-order valence-electron chi connectivity index (χ0n) is 15.8. The summed E-state index contributed by atoms with van der Waals surface area (Å²) < 4.78 is 11.6. The lowest BCUT2D eigenvalue weighted by Crippen LogP contribution is -2.20. The van der Waals surface area contributed by atoms with Gasteiger partial charge >= 0.3 is 0 Å². The van der Waals surface area contributed by atoms with Gasteiger partial charge in [-0.25, -0.2) is 5.43 Å². The van der Waals surface area contributed by atoms with Crippen LogP contribution in [0.2, 0.25) is 0 Å². The first-order chi connectivity index (χ1) is 14.0. The van der Waals surface area contributed by atoms with E-state index >= 15 is 0 Å². The van der Waals surface area contributed by atoms with Crippen molar-refractivity contribution in [3.63, 3.8) is 0 Å². The first-order valence-electron chi connectivity index (χ1n) is 8.64. The van der Waals surface area contributed by atoms with E-state index in [1.54, 1.807) is 18.2 Å². The van der Waals surface area contributed by atoms with Gasteiger partial charge < -0.3 is 14.8 Å². The quantitative estimate of drug-likeness (QED) is 0.237. The summed E-state index contributed by atoms with van der Waals surface area (Å²) >= 11 is 2.10. The molecule has 2 amide bonds. The molecule has 0 fully saturated rings. The fourth-order valence-corrected chi connectivity index (χ4v) is 3.06. The molecule has 29 heavy (non-hydrogen) atoms. The van der Waals surface area contributed by atoms with Gasteiger partial charge in [0.1, 0.15) is 6.61 Å². The molecule has 0 heterocycles. The molecule has 150 valence electrons. The number of nitrogens with one attached hydrogen (secondary N) is 2. The van der Waals surface area contributed by atoms with Gasteiger partial charge in [-0.1, -0.05) is 24.1 Å². The van der Waals surface area contributed by atoms with Gasteiger partial charge in [0.25, 0.3) is 0 Å². The average Bonchev–Trinajstić information content (AvgIpc) is 2.72. The SMILES string of the molecule is C#CCOc1c(I)cc(C=NNC(=O)CCC(=O)Nc2ccccc2)cc1OC. The van der Waals surface area contributed by atoms with Crippen molar-refractivity contribution in [2.24, 2.45) is 5.10 Å². The highest BCUT2D eigenvalue weighted by molar-refractivity contribution is 14.1. The van der Waals surface area contributed by atoms with Gasteiger partial charge in [0.15, 0.2) is 11.5 Å². The molecule has 2 N–H and O–H groups in total. The Bertz CT molecular complexity index is 924. The zero-order valence-corrected chi connectivity index (χ0v) is 17.9. The number of benzene rings is 2. The number of hydrogen-bond acceptors (Lipinski definition) is 5. The van der Waals surface area contributed by atoms with Crippen molar-refractivity contribution >= 4 is 46.3 Å². The molecule has 0 bridgehead atoms. The molecule has 2 aromatic carbocycles. The molecule has 0 aliphatic carbocycles. The monoisotopic (exact) mass is 505 g/mol. The van der Waals surface area contributed by atoms with Crippen LogP contribution >= 0.6 is 22.6 Å². The molecule has 0 aromatic heterocycles. The lowest BCUT2D eigenvalue weighted by molar-refractivity contribution is -0.124. The fraction of sp³-hybridized carbons (Fsp3) is 0.190. The second-order valence-electron chi connectivity index (χ2n) is 5.73. The van der Waals surface area contributed by atoms with E-state index in [9.17, 15) is 9.59 Å². The van der Waals surface area contributed by atoms with E-state index in [2.05, 4.69) is 44.4 Å². The minimum atomic E-state index is -0.361. The minimum absolute atomic E-state index is 0.0235. The van der Waals surface area contributed by atoms with E-state index < -0.39 is 0 Å². The Kier molecular flexibility index (Phi) is 8.98. The number of methoxy groups -OCH3 is 1. The molecule has 0 aliphatic heterocycles. The Morgan fingerprint density at radius 3 is 2.62 bits per heavy atom. The number of nitrogens with zero attached hydrogens (tertiary/aromatic N) is 1. The highest BCUT2D eigenvalue weighted by atomic mass is 127. The molecule has 0 spiro atoms. The van der Waals surface area contributed by atoms with Gasteiger partial charge in [-0.3, -0.25) is 9.59 Å². The van der Waals surface area contributed by atoms with Crippen molar-refractivity contribution in [3.05, 3.63) is 51.6 Å². The predicted octanol–water partition coefficient (Wildman–Crippen LogP) is 3.18. The summed E-state index contributed by atoms with van der Waals surface area (Å²) in [4.78, 5) is 23.7. The smallest absolute Gasteiger partial charge is 0.240 e. The molecule has 2 rings (SSSR count). The molecule has 0 saturated heterocycles. The highest BCUT2D eigenvalue weighted by Gasteiger charge is 2.11. The van der Waals surface area contributed by atoms with E-state index in [1.165, 1.54) is 13.3 Å². The van der Waals surface area contributed by atoms with Crippen LogP contribution in [0.1, 0.15) is 18.4 Å². The van der Waals surface area contributed by atoms with Crippen LogP contribution in [0.3, 0.4) is 0 Å². The van der Waals surface area contributed by atoms with Crippen molar-refractivity contribution in [3.8, 4) is 23.8 Å². The molecular formula is C21H20IN3O4. The van der Waals surface area contributed by atoms with Crippen molar-refractivity contribution in [2.75, 3.05) is 19.0 Å². The summed E-state index contributed by atoms with van der Waals surface area (Å²) in [6, 6.07) is 12.6. The lowest BCUT2D eigenvalue weighted by Gasteiger charge is -2.11. The molecule has 0 unspecified atom stereocenters. The number of rotatable bonds is 9. The maximum absolute atomic E-state index is 11.9. The second-order valence-corrected chi connectivity index (χ2v) is 6.90. The molecule has 8 heteroatoms. The van der Waals surface area contributed by atoms with Gasteiger partial charge in [-0.15, -0.1) is 6.42 Å². The Hall–Kier alpha value is -3.06. The molecule has 2 aromatic rings. The maximum Gasteiger partial charge on any atom is 0.240 e. The van der Waals surface area contributed by atoms with Crippen LogP contribution in [0.25, 0.3) is 0 Å². The standard InChI is InChI=1S/C21H20IN3O4/c1-3-11-29-21-17(22)12-15(13-18(21)28-2)14-23-25-20(27)10-9-19(26)24-16-7-5-4-6-8-16/h1,4-8,12-14H,9-11H2,2H3,(H,24,26)(H,25,27). The van der Waals surface area contributed by atoms with E-state index in [0.29, 0.717) is 22.7 Å². The normalized spacial score (nSPS) is 10.2. The summed E-state index contributed by atoms with van der Waals surface area (Å²) in [6.07, 6.45) is 6.78. The highest BCUT2D eigenvalue weighted by Crippen LogP contribution is 2.33. The van der Waals surface area contributed by atoms with Crippen LogP contribution in [0.5, 0.6) is 11.5 Å². The third-order valence-electron chi connectivity index (χ3n) is 3.59. The van der Waals surface area contributed by atoms with Crippen molar-refractivity contribution in [1.29, 1.82) is 0 Å². The summed E-state index contributed by atoms with van der Waals surface area (Å²) in [7, 11) is 1.53. The third-order valence-corrected chi connectivity index (χ3v) is 4.39. The number of carbonyl (C=O) groups is 2. The fourth-order valence-electron chi connectivity index (χ4n) is 2.27. The van der Waals surface area contributed by atoms with Gasteiger partial charge in [-0.05, 0) is 52.4 Å². The van der Waals surface area contributed by atoms with Gasteiger partial charge in [-0.2, -0.15) is 5.10 Å². The molecular weight excluding hydrogens is 485 g/mol. The summed E-state index contributed by atoms with van der Waals surface area (Å²) in [5.41, 5.74) is 3.80. The van der Waals surface area contributed by atoms with Crippen molar-refractivity contribution in [2.45, 2.75) is 12.8 Å². The van der Waals surface area contributed by atoms with Gasteiger partial charge in [0.05, 0.1) is 16.9 Å². The Labute approximate surface area is 183 Å². The van der Waals surface area contributed by atoms with E-state index in [-0.39, 0.29) is 31.3 Å². The summed E-state index contributed by atoms with van der Waals surface area (Å²) in [6.45, 7) is 0.133. The number of halogens is 1. The largest absolute Gasteiger partial charge is 0.493 e. The van der Waals surface area contributed by atoms with E-state index in [0.717, 1.165) is 3.57 Å². The van der Waals surface area contributed by atoms with E-state index in [1.807, 2.05) is 24.3 Å². The van der Waals surface area contributed by atoms with Crippen LogP contribution in [0.4, 0.5) is 5.69 Å². The molecule has 0 aliphatic rings. The van der Waals surface area contributed by atoms with Crippen molar-refractivity contribution < 1.29 is 19.1 Å². The first-order valence-corrected chi connectivity index (χ1v) is 9.72. The first kappa shape index (κ1) is 22.2. The van der Waals surface area contributed by atoms with Crippen LogP contribution in [-0.4, -0.2) is 31.7 Å². The number of anilines is 1. The number of hydrazone groups is 1. The van der Waals surface area contributed by atoms with E-state index in [4.69, 9.17) is 15.9 Å². The zero-order chi connectivity index (χ0) is 21.1. The number of ether oxygens (including phenoxy) is 2. The number of carbonyl (C=O) groups excluding carboxylic acids is 2. The summed E-state index contributed by atoms with van der Waals surface area (Å²) in [5, 5.41) is 6.65. The molecule has 0 atom stereocenters. The van der Waals surface area contributed by atoms with Crippen LogP contribution < -0.4 is 20.2 Å². The van der Waals surface area contributed by atoms with Crippen LogP contribution in [-0.2, 0) is 9.59 Å². The van der Waals surface area contributed by atoms with Gasteiger partial charge in [0, 0.05) is 18.5 Å². The van der Waals surface area contributed by atoms with Gasteiger partial charge in [0.2, 0.25) is 11.8 Å².